The fraction of sp³-hybridized carbons (Fsp3) is 0.500. The summed E-state index contributed by atoms with van der Waals surface area (Å²) >= 11 is 0. The van der Waals surface area contributed by atoms with Crippen LogP contribution in [0.1, 0.15) is 41.6 Å². The van der Waals surface area contributed by atoms with E-state index in [1.807, 2.05) is 0 Å². The molecule has 0 saturated carbocycles. The molecule has 1 aromatic rings. The van der Waals surface area contributed by atoms with E-state index in [0.29, 0.717) is 18.7 Å². The van der Waals surface area contributed by atoms with E-state index in [4.69, 9.17) is 5.11 Å². The normalized spacial score (nSPS) is 17.6. The second kappa shape index (κ2) is 6.37. The fourth-order valence-electron chi connectivity index (χ4n) is 2.42. The summed E-state index contributed by atoms with van der Waals surface area (Å²) in [5.74, 6) is -1.17. The number of carboxylic acids is 1. The number of nitrogens with zero attached hydrogens (tertiary/aromatic N) is 1. The molecule has 0 unspecified atom stereocenters. The lowest BCUT2D eigenvalue weighted by Gasteiger charge is -2.19. The molecule has 0 aliphatic carbocycles. The highest BCUT2D eigenvalue weighted by molar-refractivity contribution is 7.88. The highest BCUT2D eigenvalue weighted by Gasteiger charge is 2.23. The maximum Gasteiger partial charge on any atom is 0.335 e. The van der Waals surface area contributed by atoms with Gasteiger partial charge in [-0.15, -0.1) is 0 Å². The molecule has 5 nitrogen and oxygen atoms in total. The van der Waals surface area contributed by atoms with E-state index in [2.05, 4.69) is 0 Å². The first-order chi connectivity index (χ1) is 9.49. The van der Waals surface area contributed by atoms with Crippen molar-refractivity contribution in [2.45, 2.75) is 31.4 Å². The van der Waals surface area contributed by atoms with Gasteiger partial charge in [0.1, 0.15) is 0 Å². The van der Waals surface area contributed by atoms with Gasteiger partial charge in [-0.3, -0.25) is 0 Å². The lowest BCUT2D eigenvalue weighted by molar-refractivity contribution is 0.0696. The largest absolute Gasteiger partial charge is 0.478 e. The van der Waals surface area contributed by atoms with Crippen molar-refractivity contribution < 1.29 is 18.3 Å². The number of sulfonamides is 1. The Morgan fingerprint density at radius 3 is 2.40 bits per heavy atom. The zero-order valence-electron chi connectivity index (χ0n) is 11.3. The summed E-state index contributed by atoms with van der Waals surface area (Å²) in [5.41, 5.74) is 0.641. The van der Waals surface area contributed by atoms with Gasteiger partial charge in [-0.2, -0.15) is 0 Å². The van der Waals surface area contributed by atoms with Crippen molar-refractivity contribution in [2.24, 2.45) is 0 Å². The number of aromatic carboxylic acids is 1. The van der Waals surface area contributed by atoms with Crippen LogP contribution in [-0.4, -0.2) is 36.9 Å². The van der Waals surface area contributed by atoms with Crippen molar-refractivity contribution in [1.82, 2.24) is 4.31 Å². The van der Waals surface area contributed by atoms with Gasteiger partial charge in [-0.1, -0.05) is 25.0 Å². The molecular formula is C14H19NO4S. The molecule has 6 heteroatoms. The average Bonchev–Trinajstić information content (AvgIpc) is 2.67. The minimum absolute atomic E-state index is 0.119. The Morgan fingerprint density at radius 2 is 1.80 bits per heavy atom. The standard InChI is InChI=1S/C14H19NO4S/c16-14(17)13-7-5-6-12(10-13)11-20(18,19)15-8-3-1-2-4-9-15/h5-7,10H,1-4,8-9,11H2,(H,16,17). The van der Waals surface area contributed by atoms with E-state index < -0.39 is 16.0 Å². The Hall–Kier alpha value is -1.40. The maximum absolute atomic E-state index is 12.4. The van der Waals surface area contributed by atoms with Crippen LogP contribution in [0.15, 0.2) is 24.3 Å². The van der Waals surface area contributed by atoms with Gasteiger partial charge in [-0.25, -0.2) is 17.5 Å². The Kier molecular flexibility index (Phi) is 4.77. The van der Waals surface area contributed by atoms with Gasteiger partial charge in [0.05, 0.1) is 11.3 Å². The molecule has 0 bridgehead atoms. The molecule has 1 aliphatic heterocycles. The number of hydrogen-bond acceptors (Lipinski definition) is 3. The highest BCUT2D eigenvalue weighted by Crippen LogP contribution is 2.17. The Labute approximate surface area is 119 Å². The van der Waals surface area contributed by atoms with Crippen LogP contribution in [0.4, 0.5) is 0 Å². The van der Waals surface area contributed by atoms with Crippen LogP contribution in [0.2, 0.25) is 0 Å². The second-order valence-electron chi connectivity index (χ2n) is 5.08. The highest BCUT2D eigenvalue weighted by atomic mass is 32.2. The van der Waals surface area contributed by atoms with Gasteiger partial charge in [0.2, 0.25) is 10.0 Å². The predicted molar refractivity (Wildman–Crippen MR) is 76.1 cm³/mol. The number of carboxylic acid groups (broad SMARTS) is 1. The van der Waals surface area contributed by atoms with Crippen LogP contribution < -0.4 is 0 Å². The summed E-state index contributed by atoms with van der Waals surface area (Å²) < 4.78 is 26.3. The third kappa shape index (κ3) is 3.80. The lowest BCUT2D eigenvalue weighted by Crippen LogP contribution is -2.32. The first-order valence-corrected chi connectivity index (χ1v) is 8.40. The summed E-state index contributed by atoms with van der Waals surface area (Å²) in [6.45, 7) is 1.14. The molecule has 0 spiro atoms. The molecule has 2 rings (SSSR count). The van der Waals surface area contributed by atoms with Crippen LogP contribution in [0.25, 0.3) is 0 Å². The molecule has 110 valence electrons. The van der Waals surface area contributed by atoms with E-state index in [-0.39, 0.29) is 11.3 Å². The molecule has 0 atom stereocenters. The van der Waals surface area contributed by atoms with Crippen molar-refractivity contribution in [3.05, 3.63) is 35.4 Å². The van der Waals surface area contributed by atoms with Gasteiger partial charge in [0.25, 0.3) is 0 Å². The Bertz CT molecular complexity index is 575. The van der Waals surface area contributed by atoms with Crippen molar-refractivity contribution in [3.63, 3.8) is 0 Å². The Morgan fingerprint density at radius 1 is 1.15 bits per heavy atom. The minimum Gasteiger partial charge on any atom is -0.478 e. The van der Waals surface area contributed by atoms with Gasteiger partial charge in [0.15, 0.2) is 0 Å². The molecule has 0 aromatic heterocycles. The van der Waals surface area contributed by atoms with E-state index in [1.54, 1.807) is 12.1 Å². The number of rotatable bonds is 4. The third-order valence-electron chi connectivity index (χ3n) is 3.48. The van der Waals surface area contributed by atoms with Gasteiger partial charge in [-0.05, 0) is 30.5 Å². The third-order valence-corrected chi connectivity index (χ3v) is 5.33. The molecule has 1 saturated heterocycles. The SMILES string of the molecule is O=C(O)c1cccc(CS(=O)(=O)N2CCCCCC2)c1. The molecule has 0 radical (unpaired) electrons. The molecule has 0 amide bonds. The van der Waals surface area contributed by atoms with Crippen molar-refractivity contribution in [3.8, 4) is 0 Å². The molecule has 1 heterocycles. The minimum atomic E-state index is -3.36. The van der Waals surface area contributed by atoms with Crippen LogP contribution >= 0.6 is 0 Å². The summed E-state index contributed by atoms with van der Waals surface area (Å²) in [4.78, 5) is 10.9. The monoisotopic (exact) mass is 297 g/mol. The number of hydrogen-bond donors (Lipinski definition) is 1. The quantitative estimate of drug-likeness (QED) is 0.923. The zero-order valence-corrected chi connectivity index (χ0v) is 12.1. The maximum atomic E-state index is 12.4. The van der Waals surface area contributed by atoms with E-state index in [9.17, 15) is 13.2 Å². The average molecular weight is 297 g/mol. The van der Waals surface area contributed by atoms with Gasteiger partial charge >= 0.3 is 5.97 Å². The molecule has 1 N–H and O–H groups in total. The molecule has 1 aliphatic rings. The predicted octanol–water partition coefficient (Wildman–Crippen LogP) is 2.09. The molecule has 1 aromatic carbocycles. The van der Waals surface area contributed by atoms with Crippen LogP contribution in [-0.2, 0) is 15.8 Å². The Balaban J connectivity index is 2.14. The molecule has 1 fully saturated rings. The first-order valence-electron chi connectivity index (χ1n) is 6.79. The topological polar surface area (TPSA) is 74.7 Å². The summed E-state index contributed by atoms with van der Waals surface area (Å²) in [6.07, 6.45) is 3.93. The van der Waals surface area contributed by atoms with Crippen LogP contribution in [0.3, 0.4) is 0 Å². The van der Waals surface area contributed by atoms with E-state index in [1.165, 1.54) is 16.4 Å². The van der Waals surface area contributed by atoms with Crippen molar-refractivity contribution in [1.29, 1.82) is 0 Å². The van der Waals surface area contributed by atoms with E-state index in [0.717, 1.165) is 25.7 Å². The van der Waals surface area contributed by atoms with Gasteiger partial charge in [0, 0.05) is 13.1 Å². The summed E-state index contributed by atoms with van der Waals surface area (Å²) in [5, 5.41) is 8.93. The van der Waals surface area contributed by atoms with Crippen LogP contribution in [0, 0.1) is 0 Å². The van der Waals surface area contributed by atoms with Crippen molar-refractivity contribution in [2.75, 3.05) is 13.1 Å². The van der Waals surface area contributed by atoms with Crippen LogP contribution in [0.5, 0.6) is 0 Å². The van der Waals surface area contributed by atoms with Crippen molar-refractivity contribution >= 4 is 16.0 Å². The zero-order chi connectivity index (χ0) is 14.6. The fourth-order valence-corrected chi connectivity index (χ4v) is 4.01. The molecular weight excluding hydrogens is 278 g/mol. The number of carbonyl (C=O) groups is 1. The first kappa shape index (κ1) is 15.0. The second-order valence-corrected chi connectivity index (χ2v) is 7.04. The smallest absolute Gasteiger partial charge is 0.335 e. The van der Waals surface area contributed by atoms with Gasteiger partial charge < -0.3 is 5.11 Å². The van der Waals surface area contributed by atoms with E-state index >= 15 is 0 Å². The summed E-state index contributed by atoms with van der Waals surface area (Å²) in [6, 6.07) is 6.13. The lowest BCUT2D eigenvalue weighted by atomic mass is 10.1. The summed E-state index contributed by atoms with van der Waals surface area (Å²) in [7, 11) is -3.36. The molecule has 20 heavy (non-hydrogen) atoms. The number of benzene rings is 1.